The van der Waals surface area contributed by atoms with Crippen LogP contribution in [0.15, 0.2) is 28.8 Å². The van der Waals surface area contributed by atoms with E-state index in [1.807, 2.05) is 0 Å². The second-order valence-corrected chi connectivity index (χ2v) is 3.93. The predicted octanol–water partition coefficient (Wildman–Crippen LogP) is 1.72. The summed E-state index contributed by atoms with van der Waals surface area (Å²) >= 11 is 0. The highest BCUT2D eigenvalue weighted by molar-refractivity contribution is 6.05. The average molecular weight is 274 g/mol. The van der Waals surface area contributed by atoms with Crippen molar-refractivity contribution in [3.05, 3.63) is 47.0 Å². The summed E-state index contributed by atoms with van der Waals surface area (Å²) in [5.74, 6) is 4.67. The van der Waals surface area contributed by atoms with Crippen molar-refractivity contribution in [2.24, 2.45) is 0 Å². The van der Waals surface area contributed by atoms with E-state index in [1.165, 1.54) is 18.2 Å². The van der Waals surface area contributed by atoms with Crippen LogP contribution >= 0.6 is 0 Å². The molecule has 20 heavy (non-hydrogen) atoms. The Bertz CT molecular complexity index is 698. The van der Waals surface area contributed by atoms with Gasteiger partial charge in [-0.1, -0.05) is 17.0 Å². The summed E-state index contributed by atoms with van der Waals surface area (Å²) in [6.45, 7) is 1.34. The van der Waals surface area contributed by atoms with Gasteiger partial charge in [0.25, 0.3) is 5.91 Å². The van der Waals surface area contributed by atoms with Gasteiger partial charge >= 0.3 is 0 Å². The lowest BCUT2D eigenvalue weighted by Crippen LogP contribution is -2.14. The van der Waals surface area contributed by atoms with Gasteiger partial charge in [0.2, 0.25) is 0 Å². The predicted molar refractivity (Wildman–Crippen MR) is 69.6 cm³/mol. The van der Waals surface area contributed by atoms with E-state index in [2.05, 4.69) is 22.3 Å². The molecule has 0 radical (unpaired) electrons. The summed E-state index contributed by atoms with van der Waals surface area (Å²) in [6, 6.07) is 5.18. The van der Waals surface area contributed by atoms with Gasteiger partial charge in [0.1, 0.15) is 18.2 Å². The Morgan fingerprint density at radius 1 is 1.50 bits per heavy atom. The molecule has 2 N–H and O–H groups in total. The van der Waals surface area contributed by atoms with Crippen LogP contribution in [0.5, 0.6) is 0 Å². The minimum atomic E-state index is -0.556. The number of benzene rings is 1. The molecule has 0 aliphatic rings. The van der Waals surface area contributed by atoms with Crippen molar-refractivity contribution in [2.75, 3.05) is 11.9 Å². The highest BCUT2D eigenvalue weighted by Crippen LogP contribution is 2.14. The van der Waals surface area contributed by atoms with Gasteiger partial charge < -0.3 is 14.9 Å². The number of anilines is 1. The van der Waals surface area contributed by atoms with E-state index in [4.69, 9.17) is 9.63 Å². The Morgan fingerprint density at radius 3 is 2.95 bits per heavy atom. The second-order valence-electron chi connectivity index (χ2n) is 3.93. The first-order valence-corrected chi connectivity index (χ1v) is 5.74. The molecule has 2 rings (SSSR count). The fourth-order valence-electron chi connectivity index (χ4n) is 1.56. The molecule has 0 fully saturated rings. The molecule has 1 aromatic heterocycles. The highest BCUT2D eigenvalue weighted by Gasteiger charge is 2.13. The first-order chi connectivity index (χ1) is 9.60. The van der Waals surface area contributed by atoms with Crippen LogP contribution in [0.2, 0.25) is 0 Å². The zero-order valence-electron chi connectivity index (χ0n) is 10.6. The molecule has 6 heteroatoms. The molecule has 2 aromatic rings. The lowest BCUT2D eigenvalue weighted by molar-refractivity contribution is 0.102. The number of rotatable bonds is 2. The Balaban J connectivity index is 2.30. The molecule has 1 amide bonds. The van der Waals surface area contributed by atoms with Gasteiger partial charge in [0, 0.05) is 11.6 Å². The van der Waals surface area contributed by atoms with Crippen molar-refractivity contribution < 1.29 is 18.8 Å². The van der Waals surface area contributed by atoms with Crippen LogP contribution in [0.1, 0.15) is 21.7 Å². The van der Waals surface area contributed by atoms with Crippen LogP contribution in [0.4, 0.5) is 10.2 Å². The lowest BCUT2D eigenvalue weighted by Gasteiger charge is -2.04. The average Bonchev–Trinajstić information content (AvgIpc) is 2.82. The second kappa shape index (κ2) is 5.99. The van der Waals surface area contributed by atoms with E-state index < -0.39 is 11.7 Å². The topological polar surface area (TPSA) is 75.4 Å². The van der Waals surface area contributed by atoms with Crippen molar-refractivity contribution >= 4 is 11.7 Å². The third kappa shape index (κ3) is 3.22. The number of halogens is 1. The van der Waals surface area contributed by atoms with Crippen LogP contribution < -0.4 is 5.32 Å². The van der Waals surface area contributed by atoms with Crippen molar-refractivity contribution in [3.63, 3.8) is 0 Å². The molecule has 0 atom stereocenters. The number of carbonyl (C=O) groups excluding carboxylic acids is 1. The Hall–Kier alpha value is -2.65. The molecule has 102 valence electrons. The maximum absolute atomic E-state index is 13.3. The fourth-order valence-corrected chi connectivity index (χ4v) is 1.56. The first kappa shape index (κ1) is 13.8. The number of aromatic nitrogens is 1. The summed E-state index contributed by atoms with van der Waals surface area (Å²) in [7, 11) is 0. The summed E-state index contributed by atoms with van der Waals surface area (Å²) in [5.41, 5.74) is 0.379. The summed E-state index contributed by atoms with van der Waals surface area (Å²) < 4.78 is 18.1. The third-order valence-corrected chi connectivity index (χ3v) is 2.40. The lowest BCUT2D eigenvalue weighted by atomic mass is 10.1. The van der Waals surface area contributed by atoms with E-state index >= 15 is 0 Å². The summed E-state index contributed by atoms with van der Waals surface area (Å²) in [5, 5.41) is 14.8. The number of carbonyl (C=O) groups is 1. The van der Waals surface area contributed by atoms with Crippen LogP contribution in [-0.4, -0.2) is 22.8 Å². The Labute approximate surface area is 114 Å². The number of amides is 1. The summed E-state index contributed by atoms with van der Waals surface area (Å²) in [4.78, 5) is 12.1. The zero-order chi connectivity index (χ0) is 14.5. The molecule has 0 aliphatic heterocycles. The van der Waals surface area contributed by atoms with Crippen LogP contribution in [-0.2, 0) is 0 Å². The number of hydrogen-bond donors (Lipinski definition) is 2. The SMILES string of the molecule is Cc1cc(NC(=O)c2cc(F)ccc2C#CCO)no1. The quantitative estimate of drug-likeness (QED) is 0.818. The molecular weight excluding hydrogens is 263 g/mol. The fraction of sp³-hybridized carbons (Fsp3) is 0.143. The number of nitrogens with one attached hydrogen (secondary N) is 1. The number of hydrogen-bond acceptors (Lipinski definition) is 4. The van der Waals surface area contributed by atoms with Gasteiger partial charge in [0.05, 0.1) is 5.56 Å². The number of aliphatic hydroxyl groups is 1. The highest BCUT2D eigenvalue weighted by atomic mass is 19.1. The smallest absolute Gasteiger partial charge is 0.258 e. The van der Waals surface area contributed by atoms with Gasteiger partial charge in [-0.25, -0.2) is 4.39 Å². The van der Waals surface area contributed by atoms with Crippen molar-refractivity contribution in [1.82, 2.24) is 5.16 Å². The first-order valence-electron chi connectivity index (χ1n) is 5.74. The zero-order valence-corrected chi connectivity index (χ0v) is 10.6. The van der Waals surface area contributed by atoms with Gasteiger partial charge in [0.15, 0.2) is 5.82 Å². The normalized spacial score (nSPS) is 9.75. The Kier molecular flexibility index (Phi) is 4.13. The number of aliphatic hydroxyl groups excluding tert-OH is 1. The largest absolute Gasteiger partial charge is 0.384 e. The molecule has 0 aliphatic carbocycles. The molecule has 0 saturated heterocycles. The van der Waals surface area contributed by atoms with Crippen molar-refractivity contribution in [1.29, 1.82) is 0 Å². The molecule has 0 unspecified atom stereocenters. The van der Waals surface area contributed by atoms with Crippen molar-refractivity contribution in [3.8, 4) is 11.8 Å². The van der Waals surface area contributed by atoms with E-state index in [1.54, 1.807) is 6.92 Å². The van der Waals surface area contributed by atoms with E-state index in [0.29, 0.717) is 11.3 Å². The standard InChI is InChI=1S/C14H11FN2O3/c1-9-7-13(17-20-9)16-14(19)12-8-11(15)5-4-10(12)3-2-6-18/h4-5,7-8,18H,6H2,1H3,(H,16,17,19). The maximum Gasteiger partial charge on any atom is 0.258 e. The molecule has 0 bridgehead atoms. The van der Waals surface area contributed by atoms with Gasteiger partial charge in [-0.3, -0.25) is 4.79 Å². The maximum atomic E-state index is 13.3. The molecule has 0 saturated carbocycles. The van der Waals surface area contributed by atoms with Gasteiger partial charge in [-0.05, 0) is 25.1 Å². The molecule has 1 aromatic carbocycles. The number of aryl methyl sites for hydroxylation is 1. The van der Waals surface area contributed by atoms with Crippen LogP contribution in [0, 0.1) is 24.6 Å². The summed E-state index contributed by atoms with van der Waals surface area (Å²) in [6.07, 6.45) is 0. The molecule has 0 spiro atoms. The van der Waals surface area contributed by atoms with Crippen molar-refractivity contribution in [2.45, 2.75) is 6.92 Å². The van der Waals surface area contributed by atoms with Crippen LogP contribution in [0.3, 0.4) is 0 Å². The Morgan fingerprint density at radius 2 is 2.30 bits per heavy atom. The molecular formula is C14H11FN2O3. The number of nitrogens with zero attached hydrogens (tertiary/aromatic N) is 1. The minimum absolute atomic E-state index is 0.0617. The molecule has 5 nitrogen and oxygen atoms in total. The minimum Gasteiger partial charge on any atom is -0.384 e. The van der Waals surface area contributed by atoms with Gasteiger partial charge in [-0.15, -0.1) is 0 Å². The van der Waals surface area contributed by atoms with E-state index in [-0.39, 0.29) is 18.0 Å². The van der Waals surface area contributed by atoms with Crippen LogP contribution in [0.25, 0.3) is 0 Å². The van der Waals surface area contributed by atoms with E-state index in [0.717, 1.165) is 6.07 Å². The monoisotopic (exact) mass is 274 g/mol. The molecule has 1 heterocycles. The van der Waals surface area contributed by atoms with E-state index in [9.17, 15) is 9.18 Å². The van der Waals surface area contributed by atoms with Gasteiger partial charge in [-0.2, -0.15) is 0 Å². The third-order valence-electron chi connectivity index (χ3n) is 2.40.